The minimum Gasteiger partial charge on any atom is -0.457 e. The van der Waals surface area contributed by atoms with E-state index >= 15 is 0 Å². The van der Waals surface area contributed by atoms with Gasteiger partial charge in [0.1, 0.15) is 22.8 Å². The van der Waals surface area contributed by atoms with Gasteiger partial charge in [0.15, 0.2) is 0 Å². The highest BCUT2D eigenvalue weighted by Crippen LogP contribution is 2.31. The van der Waals surface area contributed by atoms with E-state index < -0.39 is 11.7 Å². The Morgan fingerprint density at radius 3 is 2.22 bits per heavy atom. The van der Waals surface area contributed by atoms with Gasteiger partial charge >= 0.3 is 6.18 Å². The molecule has 0 saturated heterocycles. The van der Waals surface area contributed by atoms with E-state index in [0.717, 1.165) is 12.1 Å². The first-order valence-corrected chi connectivity index (χ1v) is 8.07. The van der Waals surface area contributed by atoms with Crippen molar-refractivity contribution in [2.75, 3.05) is 5.32 Å². The predicted octanol–water partition coefficient (Wildman–Crippen LogP) is 5.30. The van der Waals surface area contributed by atoms with Crippen molar-refractivity contribution in [3.05, 3.63) is 71.6 Å². The Balaban J connectivity index is 1.64. The number of benzene rings is 2. The monoisotopic (exact) mass is 376 g/mol. The lowest BCUT2D eigenvalue weighted by Crippen LogP contribution is -2.12. The summed E-state index contributed by atoms with van der Waals surface area (Å²) in [6.45, 7) is 1.85. The standard InChI is InChI=1S/C19H15F3N2O3/c1-2-17-16(11-23-27-17)18(25)24-13-5-9-15(10-6-13)26-14-7-3-12(4-8-14)19(20,21)22/h3-11H,2H2,1H3,(H,24,25). The van der Waals surface area contributed by atoms with Crippen molar-refractivity contribution < 1.29 is 27.2 Å². The lowest BCUT2D eigenvalue weighted by atomic mass is 10.2. The molecule has 140 valence electrons. The zero-order valence-corrected chi connectivity index (χ0v) is 14.2. The van der Waals surface area contributed by atoms with Gasteiger partial charge in [-0.2, -0.15) is 13.2 Å². The van der Waals surface area contributed by atoms with Crippen molar-refractivity contribution in [2.45, 2.75) is 19.5 Å². The largest absolute Gasteiger partial charge is 0.457 e. The Bertz CT molecular complexity index is 917. The van der Waals surface area contributed by atoms with Crippen LogP contribution in [0.2, 0.25) is 0 Å². The second kappa shape index (κ2) is 7.53. The number of nitrogens with zero attached hydrogens (tertiary/aromatic N) is 1. The van der Waals surface area contributed by atoms with E-state index in [4.69, 9.17) is 9.26 Å². The van der Waals surface area contributed by atoms with E-state index in [0.29, 0.717) is 29.2 Å². The fraction of sp³-hybridized carbons (Fsp3) is 0.158. The van der Waals surface area contributed by atoms with Crippen LogP contribution in [0.3, 0.4) is 0 Å². The second-order valence-corrected chi connectivity index (χ2v) is 5.62. The summed E-state index contributed by atoms with van der Waals surface area (Å²) in [5.74, 6) is 0.850. The van der Waals surface area contributed by atoms with E-state index in [2.05, 4.69) is 10.5 Å². The fourth-order valence-corrected chi connectivity index (χ4v) is 2.36. The normalized spacial score (nSPS) is 11.3. The molecular formula is C19H15F3N2O3. The van der Waals surface area contributed by atoms with Crippen molar-refractivity contribution in [2.24, 2.45) is 0 Å². The minimum absolute atomic E-state index is 0.275. The summed E-state index contributed by atoms with van der Waals surface area (Å²) in [6.07, 6.45) is -2.49. The molecule has 1 N–H and O–H groups in total. The van der Waals surface area contributed by atoms with Crippen molar-refractivity contribution in [1.29, 1.82) is 0 Å². The number of halogens is 3. The number of hydrogen-bond donors (Lipinski definition) is 1. The van der Waals surface area contributed by atoms with Crippen molar-refractivity contribution in [1.82, 2.24) is 5.16 Å². The van der Waals surface area contributed by atoms with Crippen LogP contribution in [0.5, 0.6) is 11.5 Å². The third kappa shape index (κ3) is 4.46. The van der Waals surface area contributed by atoms with Gasteiger partial charge < -0.3 is 14.6 Å². The number of rotatable bonds is 5. The third-order valence-corrected chi connectivity index (χ3v) is 3.74. The molecule has 0 radical (unpaired) electrons. The molecule has 1 amide bonds. The third-order valence-electron chi connectivity index (χ3n) is 3.74. The van der Waals surface area contributed by atoms with Crippen LogP contribution in [0, 0.1) is 0 Å². The molecule has 3 aromatic rings. The maximum atomic E-state index is 12.6. The summed E-state index contributed by atoms with van der Waals surface area (Å²) >= 11 is 0. The molecule has 2 aromatic carbocycles. The van der Waals surface area contributed by atoms with Gasteiger partial charge in [0.25, 0.3) is 5.91 Å². The highest BCUT2D eigenvalue weighted by molar-refractivity contribution is 6.04. The summed E-state index contributed by atoms with van der Waals surface area (Å²) in [4.78, 5) is 12.2. The first-order valence-electron chi connectivity index (χ1n) is 8.07. The van der Waals surface area contributed by atoms with Crippen LogP contribution in [-0.4, -0.2) is 11.1 Å². The summed E-state index contributed by atoms with van der Waals surface area (Å²) in [6, 6.07) is 10.8. The molecule has 0 unspecified atom stereocenters. The van der Waals surface area contributed by atoms with Gasteiger partial charge in [0.05, 0.1) is 11.8 Å². The summed E-state index contributed by atoms with van der Waals surface area (Å²) < 4.78 is 48.2. The summed E-state index contributed by atoms with van der Waals surface area (Å²) in [5, 5.41) is 6.33. The number of ether oxygens (including phenoxy) is 1. The van der Waals surface area contributed by atoms with Crippen LogP contribution < -0.4 is 10.1 Å². The Labute approximate surface area is 152 Å². The lowest BCUT2D eigenvalue weighted by molar-refractivity contribution is -0.137. The van der Waals surface area contributed by atoms with Crippen LogP contribution in [0.15, 0.2) is 59.3 Å². The molecule has 0 bridgehead atoms. The smallest absolute Gasteiger partial charge is 0.416 e. The number of nitrogens with one attached hydrogen (secondary N) is 1. The molecule has 0 saturated carbocycles. The van der Waals surface area contributed by atoms with Gasteiger partial charge in [-0.15, -0.1) is 0 Å². The van der Waals surface area contributed by atoms with Crippen LogP contribution in [0.25, 0.3) is 0 Å². The first kappa shape index (κ1) is 18.5. The molecule has 5 nitrogen and oxygen atoms in total. The first-order chi connectivity index (χ1) is 12.9. The number of amides is 1. The van der Waals surface area contributed by atoms with E-state index in [-0.39, 0.29) is 11.7 Å². The number of aromatic nitrogens is 1. The van der Waals surface area contributed by atoms with Crippen LogP contribution in [0.4, 0.5) is 18.9 Å². The molecule has 0 aliphatic heterocycles. The highest BCUT2D eigenvalue weighted by atomic mass is 19.4. The number of carbonyl (C=O) groups excluding carboxylic acids is 1. The van der Waals surface area contributed by atoms with E-state index in [1.165, 1.54) is 18.3 Å². The van der Waals surface area contributed by atoms with Crippen molar-refractivity contribution >= 4 is 11.6 Å². The molecule has 1 heterocycles. The van der Waals surface area contributed by atoms with Crippen LogP contribution in [0.1, 0.15) is 28.6 Å². The quantitative estimate of drug-likeness (QED) is 0.656. The average Bonchev–Trinajstić information content (AvgIpc) is 3.12. The zero-order chi connectivity index (χ0) is 19.4. The Morgan fingerprint density at radius 1 is 1.07 bits per heavy atom. The van der Waals surface area contributed by atoms with Gasteiger partial charge in [-0.25, -0.2) is 0 Å². The zero-order valence-electron chi connectivity index (χ0n) is 14.2. The topological polar surface area (TPSA) is 64.4 Å². The molecule has 0 atom stereocenters. The maximum Gasteiger partial charge on any atom is 0.416 e. The van der Waals surface area contributed by atoms with Crippen LogP contribution >= 0.6 is 0 Å². The molecule has 27 heavy (non-hydrogen) atoms. The number of anilines is 1. The van der Waals surface area contributed by atoms with E-state index in [1.54, 1.807) is 24.3 Å². The summed E-state index contributed by atoms with van der Waals surface area (Å²) in [7, 11) is 0. The minimum atomic E-state index is -4.39. The number of alkyl halides is 3. The van der Waals surface area contributed by atoms with Crippen LogP contribution in [-0.2, 0) is 12.6 Å². The van der Waals surface area contributed by atoms with Gasteiger partial charge in [-0.3, -0.25) is 4.79 Å². The molecule has 8 heteroatoms. The number of carbonyl (C=O) groups is 1. The number of aryl methyl sites for hydroxylation is 1. The van der Waals surface area contributed by atoms with Gasteiger partial charge in [0.2, 0.25) is 0 Å². The molecular weight excluding hydrogens is 361 g/mol. The number of hydrogen-bond acceptors (Lipinski definition) is 4. The average molecular weight is 376 g/mol. The molecule has 3 rings (SSSR count). The van der Waals surface area contributed by atoms with E-state index in [1.807, 2.05) is 6.92 Å². The molecule has 0 aliphatic carbocycles. The SMILES string of the molecule is CCc1oncc1C(=O)Nc1ccc(Oc2ccc(C(F)(F)F)cc2)cc1. The van der Waals surface area contributed by atoms with E-state index in [9.17, 15) is 18.0 Å². The van der Waals surface area contributed by atoms with Gasteiger partial charge in [-0.05, 0) is 48.5 Å². The van der Waals surface area contributed by atoms with Gasteiger partial charge in [-0.1, -0.05) is 12.1 Å². The lowest BCUT2D eigenvalue weighted by Gasteiger charge is -2.10. The molecule has 0 fully saturated rings. The molecule has 0 aliphatic rings. The Morgan fingerprint density at radius 2 is 1.67 bits per heavy atom. The second-order valence-electron chi connectivity index (χ2n) is 5.62. The van der Waals surface area contributed by atoms with Gasteiger partial charge in [0, 0.05) is 12.1 Å². The van der Waals surface area contributed by atoms with Crippen molar-refractivity contribution in [3.63, 3.8) is 0 Å². The highest BCUT2D eigenvalue weighted by Gasteiger charge is 2.30. The Hall–Kier alpha value is -3.29. The summed E-state index contributed by atoms with van der Waals surface area (Å²) in [5.41, 5.74) is 0.152. The molecule has 0 spiro atoms. The predicted molar refractivity (Wildman–Crippen MR) is 91.8 cm³/mol. The Kier molecular flexibility index (Phi) is 5.16. The fourth-order valence-electron chi connectivity index (χ4n) is 2.36. The molecule has 1 aromatic heterocycles. The van der Waals surface area contributed by atoms with Crippen molar-refractivity contribution in [3.8, 4) is 11.5 Å². The maximum absolute atomic E-state index is 12.6.